The molecule has 2 aromatic carbocycles. The number of carbonyl (C=O) groups excluding carboxylic acids is 2. The monoisotopic (exact) mass is 479 g/mol. The van der Waals surface area contributed by atoms with Gasteiger partial charge >= 0.3 is 11.7 Å². The number of nitrogens with one attached hydrogen (secondary N) is 1. The van der Waals surface area contributed by atoms with Crippen molar-refractivity contribution in [1.29, 1.82) is 0 Å². The van der Waals surface area contributed by atoms with Crippen LogP contribution < -0.4 is 10.1 Å². The Morgan fingerprint density at radius 3 is 2.39 bits per heavy atom. The molecule has 178 valence electrons. The lowest BCUT2D eigenvalue weighted by Crippen LogP contribution is -2.30. The van der Waals surface area contributed by atoms with Crippen molar-refractivity contribution in [3.05, 3.63) is 58.1 Å². The average molecular weight is 480 g/mol. The third kappa shape index (κ3) is 6.73. The number of carbonyl (C=O) groups is 2. The van der Waals surface area contributed by atoms with Gasteiger partial charge in [-0.1, -0.05) is 32.0 Å². The highest BCUT2D eigenvalue weighted by molar-refractivity contribution is 7.89. The zero-order valence-electron chi connectivity index (χ0n) is 18.4. The van der Waals surface area contributed by atoms with E-state index in [2.05, 4.69) is 5.32 Å². The third-order valence-corrected chi connectivity index (χ3v) is 6.64. The van der Waals surface area contributed by atoms with E-state index < -0.39 is 40.0 Å². The van der Waals surface area contributed by atoms with E-state index in [9.17, 15) is 28.1 Å². The van der Waals surface area contributed by atoms with Crippen LogP contribution in [-0.2, 0) is 24.3 Å². The molecule has 0 aromatic heterocycles. The summed E-state index contributed by atoms with van der Waals surface area (Å²) in [4.78, 5) is 34.4. The molecule has 0 saturated carbocycles. The van der Waals surface area contributed by atoms with E-state index in [1.165, 1.54) is 40.7 Å². The maximum absolute atomic E-state index is 12.7. The summed E-state index contributed by atoms with van der Waals surface area (Å²) in [5.74, 6) is -1.70. The first-order valence-corrected chi connectivity index (χ1v) is 11.5. The van der Waals surface area contributed by atoms with Gasteiger partial charge in [0, 0.05) is 24.8 Å². The Bertz CT molecular complexity index is 1130. The summed E-state index contributed by atoms with van der Waals surface area (Å²) in [5.41, 5.74) is 0.575. The number of rotatable bonds is 11. The van der Waals surface area contributed by atoms with E-state index in [0.717, 1.165) is 0 Å². The van der Waals surface area contributed by atoms with Crippen molar-refractivity contribution in [1.82, 2.24) is 4.31 Å². The van der Waals surface area contributed by atoms with Crippen LogP contribution in [0.15, 0.2) is 47.4 Å². The highest BCUT2D eigenvalue weighted by Gasteiger charge is 2.23. The Labute approximate surface area is 191 Å². The normalized spacial score (nSPS) is 11.2. The summed E-state index contributed by atoms with van der Waals surface area (Å²) in [6.45, 7) is 4.48. The lowest BCUT2D eigenvalue weighted by molar-refractivity contribution is -0.385. The summed E-state index contributed by atoms with van der Waals surface area (Å²) in [6.07, 6.45) is 0. The maximum atomic E-state index is 12.7. The van der Waals surface area contributed by atoms with Crippen LogP contribution in [0.2, 0.25) is 0 Å². The number of benzene rings is 2. The second-order valence-electron chi connectivity index (χ2n) is 6.79. The standard InChI is InChI=1S/C21H25N3O8S/c1-4-23(5-2)33(29,30)16-11-10-15(3)17(12-16)22-20(25)13-32-21(26)14-31-19-9-7-6-8-18(19)24(27)28/h6-12H,4-5,13-14H2,1-3H3,(H,22,25). The molecule has 12 heteroatoms. The highest BCUT2D eigenvalue weighted by atomic mass is 32.2. The van der Waals surface area contributed by atoms with Crippen molar-refractivity contribution < 1.29 is 32.4 Å². The van der Waals surface area contributed by atoms with Gasteiger partial charge in [0.2, 0.25) is 10.0 Å². The zero-order valence-corrected chi connectivity index (χ0v) is 19.3. The van der Waals surface area contributed by atoms with Gasteiger partial charge < -0.3 is 14.8 Å². The predicted molar refractivity (Wildman–Crippen MR) is 119 cm³/mol. The van der Waals surface area contributed by atoms with Crippen LogP contribution in [0, 0.1) is 17.0 Å². The molecule has 0 aliphatic rings. The molecule has 0 saturated heterocycles. The van der Waals surface area contributed by atoms with Gasteiger partial charge in [-0.3, -0.25) is 14.9 Å². The van der Waals surface area contributed by atoms with Gasteiger partial charge in [-0.15, -0.1) is 0 Å². The molecule has 0 atom stereocenters. The van der Waals surface area contributed by atoms with Crippen molar-refractivity contribution in [3.8, 4) is 5.75 Å². The molecule has 0 spiro atoms. The molecule has 11 nitrogen and oxygen atoms in total. The number of hydrogen-bond acceptors (Lipinski definition) is 8. The SMILES string of the molecule is CCN(CC)S(=O)(=O)c1ccc(C)c(NC(=O)COC(=O)COc2ccccc2[N+](=O)[O-])c1. The lowest BCUT2D eigenvalue weighted by atomic mass is 10.2. The summed E-state index contributed by atoms with van der Waals surface area (Å²) < 4.78 is 36.6. The number of para-hydroxylation sites is 2. The Morgan fingerprint density at radius 2 is 1.76 bits per heavy atom. The van der Waals surface area contributed by atoms with Gasteiger partial charge in [-0.2, -0.15) is 4.31 Å². The number of ether oxygens (including phenoxy) is 2. The van der Waals surface area contributed by atoms with Gasteiger partial charge in [0.25, 0.3) is 5.91 Å². The molecular weight excluding hydrogens is 454 g/mol. The quantitative estimate of drug-likeness (QED) is 0.294. The van der Waals surface area contributed by atoms with Crippen LogP contribution in [-0.4, -0.2) is 55.8 Å². The summed E-state index contributed by atoms with van der Waals surface area (Å²) in [6, 6.07) is 9.90. The number of nitro benzene ring substituents is 1. The molecule has 1 N–H and O–H groups in total. The topological polar surface area (TPSA) is 145 Å². The van der Waals surface area contributed by atoms with Gasteiger partial charge in [0.05, 0.1) is 9.82 Å². The average Bonchev–Trinajstić information content (AvgIpc) is 2.78. The number of anilines is 1. The number of hydrogen-bond donors (Lipinski definition) is 1. The molecule has 2 aromatic rings. The van der Waals surface area contributed by atoms with E-state index in [4.69, 9.17) is 9.47 Å². The Balaban J connectivity index is 1.97. The smallest absolute Gasteiger partial charge is 0.344 e. The molecule has 33 heavy (non-hydrogen) atoms. The van der Waals surface area contributed by atoms with E-state index >= 15 is 0 Å². The van der Waals surface area contributed by atoms with Gasteiger partial charge in [0.15, 0.2) is 19.0 Å². The molecule has 0 radical (unpaired) electrons. The molecule has 2 rings (SSSR count). The number of nitro groups is 1. The van der Waals surface area contributed by atoms with Crippen LogP contribution in [0.1, 0.15) is 19.4 Å². The van der Waals surface area contributed by atoms with Gasteiger partial charge in [0.1, 0.15) is 0 Å². The zero-order chi connectivity index (χ0) is 24.6. The molecular formula is C21H25N3O8S. The second-order valence-corrected chi connectivity index (χ2v) is 8.73. The van der Waals surface area contributed by atoms with Crippen molar-refractivity contribution in [2.45, 2.75) is 25.7 Å². The van der Waals surface area contributed by atoms with Crippen LogP contribution >= 0.6 is 0 Å². The largest absolute Gasteiger partial charge is 0.475 e. The summed E-state index contributed by atoms with van der Waals surface area (Å²) in [7, 11) is -3.71. The van der Waals surface area contributed by atoms with Crippen LogP contribution in [0.4, 0.5) is 11.4 Å². The number of esters is 1. The van der Waals surface area contributed by atoms with Crippen molar-refractivity contribution in [2.24, 2.45) is 0 Å². The Hall–Kier alpha value is -3.51. The first kappa shape index (κ1) is 25.7. The molecule has 0 fully saturated rings. The van der Waals surface area contributed by atoms with E-state index in [0.29, 0.717) is 18.7 Å². The minimum atomic E-state index is -3.71. The second kappa shape index (κ2) is 11.4. The fourth-order valence-electron chi connectivity index (χ4n) is 2.85. The highest BCUT2D eigenvalue weighted by Crippen LogP contribution is 2.26. The fourth-order valence-corrected chi connectivity index (χ4v) is 4.33. The van der Waals surface area contributed by atoms with Gasteiger partial charge in [-0.05, 0) is 30.7 Å². The Kier molecular flexibility index (Phi) is 8.88. The van der Waals surface area contributed by atoms with Gasteiger partial charge in [-0.25, -0.2) is 13.2 Å². The number of sulfonamides is 1. The first-order valence-electron chi connectivity index (χ1n) is 10.0. The van der Waals surface area contributed by atoms with E-state index in [1.807, 2.05) is 0 Å². The van der Waals surface area contributed by atoms with Crippen LogP contribution in [0.3, 0.4) is 0 Å². The molecule has 0 aliphatic heterocycles. The first-order chi connectivity index (χ1) is 15.6. The maximum Gasteiger partial charge on any atom is 0.344 e. The van der Waals surface area contributed by atoms with Crippen molar-refractivity contribution >= 4 is 33.3 Å². The summed E-state index contributed by atoms with van der Waals surface area (Å²) in [5, 5.41) is 13.5. The van der Waals surface area contributed by atoms with Crippen LogP contribution in [0.5, 0.6) is 5.75 Å². The molecule has 0 aliphatic carbocycles. The van der Waals surface area contributed by atoms with Crippen LogP contribution in [0.25, 0.3) is 0 Å². The minimum absolute atomic E-state index is 0.0296. The number of amides is 1. The van der Waals surface area contributed by atoms with Crippen molar-refractivity contribution in [3.63, 3.8) is 0 Å². The van der Waals surface area contributed by atoms with E-state index in [1.54, 1.807) is 26.8 Å². The lowest BCUT2D eigenvalue weighted by Gasteiger charge is -2.19. The molecule has 0 unspecified atom stereocenters. The minimum Gasteiger partial charge on any atom is -0.475 e. The third-order valence-electron chi connectivity index (χ3n) is 4.60. The summed E-state index contributed by atoms with van der Waals surface area (Å²) >= 11 is 0. The van der Waals surface area contributed by atoms with Crippen molar-refractivity contribution in [2.75, 3.05) is 31.6 Å². The predicted octanol–water partition coefficient (Wildman–Crippen LogP) is 2.49. The number of aryl methyl sites for hydroxylation is 1. The molecule has 1 amide bonds. The van der Waals surface area contributed by atoms with E-state index in [-0.39, 0.29) is 22.0 Å². The fraction of sp³-hybridized carbons (Fsp3) is 0.333. The number of nitrogens with zero attached hydrogens (tertiary/aromatic N) is 2. The molecule has 0 bridgehead atoms. The Morgan fingerprint density at radius 1 is 1.09 bits per heavy atom. The molecule has 0 heterocycles.